The lowest BCUT2D eigenvalue weighted by molar-refractivity contribution is 0.0697. The third kappa shape index (κ3) is 2.24. The Morgan fingerprint density at radius 1 is 1.11 bits per heavy atom. The highest BCUT2D eigenvalue weighted by atomic mass is 19.1. The molecule has 3 N–H and O–H groups in total. The number of carbonyl (C=O) groups is 1. The van der Waals surface area contributed by atoms with Crippen molar-refractivity contribution in [1.82, 2.24) is 0 Å². The van der Waals surface area contributed by atoms with Gasteiger partial charge in [-0.25, -0.2) is 9.18 Å². The maximum Gasteiger partial charge on any atom is 0.337 e. The Morgan fingerprint density at radius 2 is 1.78 bits per heavy atom. The molecule has 0 radical (unpaired) electrons. The van der Waals surface area contributed by atoms with Gasteiger partial charge in [0.25, 0.3) is 0 Å². The van der Waals surface area contributed by atoms with E-state index in [1.54, 1.807) is 6.07 Å². The standard InChI is InChI=1S/C13H10FNO3/c14-9-5-1-2-6-10(9)18-11-7-3-4-8(12(11)15)13(16)17/h1-7H,15H2,(H,16,17). The van der Waals surface area contributed by atoms with E-state index < -0.39 is 11.8 Å². The van der Waals surface area contributed by atoms with E-state index in [-0.39, 0.29) is 22.7 Å². The van der Waals surface area contributed by atoms with E-state index in [4.69, 9.17) is 15.6 Å². The summed E-state index contributed by atoms with van der Waals surface area (Å²) in [4.78, 5) is 10.9. The summed E-state index contributed by atoms with van der Waals surface area (Å²) < 4.78 is 18.7. The van der Waals surface area contributed by atoms with Gasteiger partial charge in [-0.2, -0.15) is 0 Å². The van der Waals surface area contributed by atoms with E-state index in [0.29, 0.717) is 0 Å². The molecule has 0 aliphatic carbocycles. The molecule has 0 atom stereocenters. The van der Waals surface area contributed by atoms with Gasteiger partial charge in [-0.1, -0.05) is 18.2 Å². The zero-order chi connectivity index (χ0) is 13.1. The number of halogens is 1. The third-order valence-corrected chi connectivity index (χ3v) is 2.35. The number of rotatable bonds is 3. The first-order valence-corrected chi connectivity index (χ1v) is 5.14. The molecule has 0 aliphatic heterocycles. The molecule has 0 unspecified atom stereocenters. The molecular weight excluding hydrogens is 237 g/mol. The van der Waals surface area contributed by atoms with Gasteiger partial charge < -0.3 is 15.6 Å². The van der Waals surface area contributed by atoms with Crippen LogP contribution in [0.3, 0.4) is 0 Å². The second-order valence-corrected chi connectivity index (χ2v) is 3.56. The fraction of sp³-hybridized carbons (Fsp3) is 0. The fourth-order valence-electron chi connectivity index (χ4n) is 1.47. The van der Waals surface area contributed by atoms with E-state index in [1.807, 2.05) is 0 Å². The number of nitrogens with two attached hydrogens (primary N) is 1. The van der Waals surface area contributed by atoms with Crippen LogP contribution < -0.4 is 10.5 Å². The molecule has 4 nitrogen and oxygen atoms in total. The third-order valence-electron chi connectivity index (χ3n) is 2.35. The van der Waals surface area contributed by atoms with Gasteiger partial charge in [0, 0.05) is 0 Å². The van der Waals surface area contributed by atoms with Crippen LogP contribution >= 0.6 is 0 Å². The minimum absolute atomic E-state index is 0.00765. The molecular formula is C13H10FNO3. The summed E-state index contributed by atoms with van der Waals surface area (Å²) >= 11 is 0. The second-order valence-electron chi connectivity index (χ2n) is 3.56. The van der Waals surface area contributed by atoms with E-state index in [2.05, 4.69) is 0 Å². The molecule has 0 aliphatic rings. The maximum atomic E-state index is 13.4. The quantitative estimate of drug-likeness (QED) is 0.818. The predicted octanol–water partition coefficient (Wildman–Crippen LogP) is 2.90. The molecule has 0 heterocycles. The molecule has 5 heteroatoms. The summed E-state index contributed by atoms with van der Waals surface area (Å²) in [6.07, 6.45) is 0. The van der Waals surface area contributed by atoms with Gasteiger partial charge in [0.15, 0.2) is 17.3 Å². The Morgan fingerprint density at radius 3 is 2.44 bits per heavy atom. The topological polar surface area (TPSA) is 72.5 Å². The lowest BCUT2D eigenvalue weighted by atomic mass is 10.1. The van der Waals surface area contributed by atoms with Crippen LogP contribution in [-0.2, 0) is 0 Å². The molecule has 18 heavy (non-hydrogen) atoms. The van der Waals surface area contributed by atoms with Crippen LogP contribution in [0.1, 0.15) is 10.4 Å². The van der Waals surface area contributed by atoms with Crippen LogP contribution in [0.4, 0.5) is 10.1 Å². The van der Waals surface area contributed by atoms with Crippen molar-refractivity contribution >= 4 is 11.7 Å². The van der Waals surface area contributed by atoms with Gasteiger partial charge in [-0.05, 0) is 24.3 Å². The molecule has 0 amide bonds. The van der Waals surface area contributed by atoms with Crippen LogP contribution in [0.25, 0.3) is 0 Å². The van der Waals surface area contributed by atoms with Crippen molar-refractivity contribution in [2.75, 3.05) is 5.73 Å². The van der Waals surface area contributed by atoms with Crippen molar-refractivity contribution < 1.29 is 19.0 Å². The van der Waals surface area contributed by atoms with E-state index >= 15 is 0 Å². The number of benzene rings is 2. The molecule has 2 aromatic carbocycles. The lowest BCUT2D eigenvalue weighted by Gasteiger charge is -2.10. The van der Waals surface area contributed by atoms with Gasteiger partial charge >= 0.3 is 5.97 Å². The summed E-state index contributed by atoms with van der Waals surface area (Å²) in [6, 6.07) is 10.1. The number of aromatic carboxylic acids is 1. The molecule has 0 spiro atoms. The number of ether oxygens (including phenoxy) is 1. The van der Waals surface area contributed by atoms with Crippen molar-refractivity contribution in [2.24, 2.45) is 0 Å². The minimum Gasteiger partial charge on any atom is -0.478 e. The zero-order valence-corrected chi connectivity index (χ0v) is 9.26. The molecule has 2 aromatic rings. The Hall–Kier alpha value is -2.56. The van der Waals surface area contributed by atoms with Crippen molar-refractivity contribution in [1.29, 1.82) is 0 Å². The monoisotopic (exact) mass is 247 g/mol. The summed E-state index contributed by atoms with van der Waals surface area (Å²) in [6.45, 7) is 0. The van der Waals surface area contributed by atoms with Crippen molar-refractivity contribution in [3.05, 3.63) is 53.8 Å². The second kappa shape index (κ2) is 4.75. The zero-order valence-electron chi connectivity index (χ0n) is 9.26. The number of anilines is 1. The fourth-order valence-corrected chi connectivity index (χ4v) is 1.47. The number of para-hydroxylation sites is 2. The number of hydrogen-bond acceptors (Lipinski definition) is 3. The SMILES string of the molecule is Nc1c(Oc2ccccc2F)cccc1C(=O)O. The Balaban J connectivity index is 2.39. The van der Waals surface area contributed by atoms with Crippen LogP contribution in [0.15, 0.2) is 42.5 Å². The van der Waals surface area contributed by atoms with Gasteiger partial charge in [0.05, 0.1) is 11.3 Å². The largest absolute Gasteiger partial charge is 0.478 e. The average molecular weight is 247 g/mol. The molecule has 2 rings (SSSR count). The summed E-state index contributed by atoms with van der Waals surface area (Å²) in [5.74, 6) is -1.60. The molecule has 0 bridgehead atoms. The van der Waals surface area contributed by atoms with Crippen molar-refractivity contribution in [2.45, 2.75) is 0 Å². The van der Waals surface area contributed by atoms with Crippen LogP contribution in [0.2, 0.25) is 0 Å². The highest BCUT2D eigenvalue weighted by Crippen LogP contribution is 2.31. The Labute approximate surface area is 102 Å². The smallest absolute Gasteiger partial charge is 0.337 e. The van der Waals surface area contributed by atoms with Gasteiger partial charge in [0.1, 0.15) is 0 Å². The molecule has 0 fully saturated rings. The Bertz CT molecular complexity index is 599. The van der Waals surface area contributed by atoms with Gasteiger partial charge in [-0.15, -0.1) is 0 Å². The molecule has 0 saturated heterocycles. The van der Waals surface area contributed by atoms with E-state index in [1.165, 1.54) is 36.4 Å². The molecule has 0 saturated carbocycles. The normalized spacial score (nSPS) is 10.1. The highest BCUT2D eigenvalue weighted by molar-refractivity contribution is 5.95. The number of hydrogen-bond donors (Lipinski definition) is 2. The van der Waals surface area contributed by atoms with Crippen LogP contribution in [0.5, 0.6) is 11.5 Å². The van der Waals surface area contributed by atoms with Crippen molar-refractivity contribution in [3.8, 4) is 11.5 Å². The highest BCUT2D eigenvalue weighted by Gasteiger charge is 2.13. The summed E-state index contributed by atoms with van der Waals surface area (Å²) in [7, 11) is 0. The van der Waals surface area contributed by atoms with Crippen LogP contribution in [-0.4, -0.2) is 11.1 Å². The first kappa shape index (κ1) is 11.9. The van der Waals surface area contributed by atoms with Gasteiger partial charge in [0.2, 0.25) is 0 Å². The number of nitrogen functional groups attached to an aromatic ring is 1. The van der Waals surface area contributed by atoms with Gasteiger partial charge in [-0.3, -0.25) is 0 Å². The first-order chi connectivity index (χ1) is 8.59. The predicted molar refractivity (Wildman–Crippen MR) is 64.3 cm³/mol. The van der Waals surface area contributed by atoms with E-state index in [0.717, 1.165) is 0 Å². The minimum atomic E-state index is -1.16. The van der Waals surface area contributed by atoms with Crippen LogP contribution in [0, 0.1) is 5.82 Å². The Kier molecular flexibility index (Phi) is 3.14. The molecule has 0 aromatic heterocycles. The summed E-state index contributed by atoms with van der Waals surface area (Å²) in [5, 5.41) is 8.90. The number of carboxylic acids is 1. The molecule has 92 valence electrons. The number of carboxylic acid groups (broad SMARTS) is 1. The lowest BCUT2D eigenvalue weighted by Crippen LogP contribution is -2.03. The maximum absolute atomic E-state index is 13.4. The van der Waals surface area contributed by atoms with Crippen molar-refractivity contribution in [3.63, 3.8) is 0 Å². The average Bonchev–Trinajstić information content (AvgIpc) is 2.34. The van der Waals surface area contributed by atoms with E-state index in [9.17, 15) is 9.18 Å². The summed E-state index contributed by atoms with van der Waals surface area (Å²) in [5.41, 5.74) is 5.54. The first-order valence-electron chi connectivity index (χ1n) is 5.14.